The lowest BCUT2D eigenvalue weighted by molar-refractivity contribution is 0.000263. The molecular formula is C12H15ClFNO. The molecular weight excluding hydrogens is 229 g/mol. The van der Waals surface area contributed by atoms with E-state index in [9.17, 15) is 4.39 Å². The van der Waals surface area contributed by atoms with Crippen LogP contribution in [0.1, 0.15) is 18.6 Å². The number of ether oxygens (including phenoxy) is 1. The molecule has 0 aromatic heterocycles. The summed E-state index contributed by atoms with van der Waals surface area (Å²) in [4.78, 5) is 0. The number of nitrogens with one attached hydrogen (secondary N) is 1. The van der Waals surface area contributed by atoms with Crippen molar-refractivity contribution >= 4 is 11.6 Å². The van der Waals surface area contributed by atoms with E-state index in [0.717, 1.165) is 18.7 Å². The molecule has 0 unspecified atom stereocenters. The molecule has 0 aliphatic carbocycles. The smallest absolute Gasteiger partial charge is 0.142 e. The van der Waals surface area contributed by atoms with Gasteiger partial charge in [0.2, 0.25) is 0 Å². The van der Waals surface area contributed by atoms with Crippen LogP contribution in [0, 0.1) is 11.7 Å². The summed E-state index contributed by atoms with van der Waals surface area (Å²) in [6, 6.07) is 4.90. The first-order valence-corrected chi connectivity index (χ1v) is 5.87. The molecule has 0 saturated carbocycles. The Bertz CT molecular complexity index is 368. The third-order valence-corrected chi connectivity index (χ3v) is 3.17. The number of hydrogen-bond acceptors (Lipinski definition) is 2. The van der Waals surface area contributed by atoms with Crippen LogP contribution in [-0.2, 0) is 4.74 Å². The quantitative estimate of drug-likeness (QED) is 0.878. The van der Waals surface area contributed by atoms with E-state index >= 15 is 0 Å². The Morgan fingerprint density at radius 1 is 1.56 bits per heavy atom. The van der Waals surface area contributed by atoms with Crippen molar-refractivity contribution in [1.29, 1.82) is 0 Å². The van der Waals surface area contributed by atoms with Gasteiger partial charge < -0.3 is 10.1 Å². The molecule has 1 aliphatic heterocycles. The Kier molecular flexibility index (Phi) is 3.79. The van der Waals surface area contributed by atoms with E-state index in [4.69, 9.17) is 16.3 Å². The van der Waals surface area contributed by atoms with E-state index in [0.29, 0.717) is 12.5 Å². The Hall–Kier alpha value is -0.640. The van der Waals surface area contributed by atoms with E-state index in [1.54, 1.807) is 6.07 Å². The second kappa shape index (κ2) is 5.13. The van der Waals surface area contributed by atoms with Gasteiger partial charge in [-0.2, -0.15) is 0 Å². The first-order valence-electron chi connectivity index (χ1n) is 5.49. The van der Waals surface area contributed by atoms with Gasteiger partial charge in [-0.3, -0.25) is 0 Å². The molecule has 1 aliphatic rings. The summed E-state index contributed by atoms with van der Waals surface area (Å²) in [5.41, 5.74) is 0.871. The standard InChI is InChI=1S/C12H15ClFNO/c1-2-16-12(9-6-15-7-9)8-3-4-10(13)11(14)5-8/h3-5,9,12,15H,2,6-7H2,1H3/t12-/m1/s1. The molecule has 1 heterocycles. The fourth-order valence-corrected chi connectivity index (χ4v) is 2.02. The van der Waals surface area contributed by atoms with Gasteiger partial charge in [-0.25, -0.2) is 4.39 Å². The molecule has 0 spiro atoms. The summed E-state index contributed by atoms with van der Waals surface area (Å²) in [5.74, 6) is 0.0525. The van der Waals surface area contributed by atoms with E-state index in [2.05, 4.69) is 5.32 Å². The molecule has 1 fully saturated rings. The second-order valence-corrected chi connectivity index (χ2v) is 4.38. The maximum atomic E-state index is 13.4. The largest absolute Gasteiger partial charge is 0.373 e. The van der Waals surface area contributed by atoms with Crippen LogP contribution in [0.3, 0.4) is 0 Å². The lowest BCUT2D eigenvalue weighted by Gasteiger charge is -2.34. The van der Waals surface area contributed by atoms with Crippen molar-refractivity contribution in [3.63, 3.8) is 0 Å². The average molecular weight is 244 g/mol. The number of benzene rings is 1. The Labute approximate surface area is 99.7 Å². The third-order valence-electron chi connectivity index (χ3n) is 2.86. The molecule has 1 aromatic rings. The highest BCUT2D eigenvalue weighted by molar-refractivity contribution is 6.30. The van der Waals surface area contributed by atoms with Gasteiger partial charge in [0, 0.05) is 25.6 Å². The Balaban J connectivity index is 2.20. The van der Waals surface area contributed by atoms with E-state index in [-0.39, 0.29) is 16.9 Å². The molecule has 1 N–H and O–H groups in total. The molecule has 1 aromatic carbocycles. The normalized spacial score (nSPS) is 18.2. The molecule has 0 radical (unpaired) electrons. The van der Waals surface area contributed by atoms with Crippen molar-refractivity contribution in [2.45, 2.75) is 13.0 Å². The van der Waals surface area contributed by atoms with E-state index in [1.807, 2.05) is 13.0 Å². The van der Waals surface area contributed by atoms with Crippen molar-refractivity contribution in [1.82, 2.24) is 5.32 Å². The highest BCUT2D eigenvalue weighted by Crippen LogP contribution is 2.30. The first kappa shape index (κ1) is 11.8. The van der Waals surface area contributed by atoms with Gasteiger partial charge in [-0.05, 0) is 24.6 Å². The zero-order valence-electron chi connectivity index (χ0n) is 9.17. The van der Waals surface area contributed by atoms with Crippen molar-refractivity contribution in [3.05, 3.63) is 34.6 Å². The van der Waals surface area contributed by atoms with Crippen molar-refractivity contribution in [2.75, 3.05) is 19.7 Å². The predicted octanol–water partition coefficient (Wildman–Crippen LogP) is 2.78. The van der Waals surface area contributed by atoms with Gasteiger partial charge >= 0.3 is 0 Å². The minimum absolute atomic E-state index is 0.0296. The SMILES string of the molecule is CCO[C@H](c1ccc(Cl)c(F)c1)C1CNC1. The maximum absolute atomic E-state index is 13.4. The van der Waals surface area contributed by atoms with Crippen LogP contribution in [0.15, 0.2) is 18.2 Å². The van der Waals surface area contributed by atoms with Crippen LogP contribution in [0.2, 0.25) is 5.02 Å². The zero-order valence-corrected chi connectivity index (χ0v) is 9.93. The number of halogens is 2. The molecule has 1 atom stereocenters. The van der Waals surface area contributed by atoms with Crippen LogP contribution in [0.5, 0.6) is 0 Å². The monoisotopic (exact) mass is 243 g/mol. The highest BCUT2D eigenvalue weighted by Gasteiger charge is 2.29. The van der Waals surface area contributed by atoms with Gasteiger partial charge in [0.1, 0.15) is 5.82 Å². The van der Waals surface area contributed by atoms with Gasteiger partial charge in [-0.15, -0.1) is 0 Å². The molecule has 0 amide bonds. The molecule has 0 bridgehead atoms. The molecule has 2 nitrogen and oxygen atoms in total. The number of rotatable bonds is 4. The Morgan fingerprint density at radius 3 is 2.81 bits per heavy atom. The molecule has 1 saturated heterocycles. The topological polar surface area (TPSA) is 21.3 Å². The van der Waals surface area contributed by atoms with Crippen molar-refractivity contribution in [3.8, 4) is 0 Å². The van der Waals surface area contributed by atoms with Gasteiger partial charge in [-0.1, -0.05) is 17.7 Å². The number of hydrogen-bond donors (Lipinski definition) is 1. The maximum Gasteiger partial charge on any atom is 0.142 e. The molecule has 88 valence electrons. The Morgan fingerprint density at radius 2 is 2.31 bits per heavy atom. The first-order chi connectivity index (χ1) is 7.72. The van der Waals surface area contributed by atoms with Gasteiger partial charge in [0.05, 0.1) is 11.1 Å². The minimum Gasteiger partial charge on any atom is -0.373 e. The van der Waals surface area contributed by atoms with Crippen LogP contribution >= 0.6 is 11.6 Å². The fourth-order valence-electron chi connectivity index (χ4n) is 1.90. The summed E-state index contributed by atoms with van der Waals surface area (Å²) < 4.78 is 19.0. The molecule has 16 heavy (non-hydrogen) atoms. The summed E-state index contributed by atoms with van der Waals surface area (Å²) in [7, 11) is 0. The lowest BCUT2D eigenvalue weighted by Crippen LogP contribution is -2.46. The summed E-state index contributed by atoms with van der Waals surface area (Å²) in [5, 5.41) is 3.35. The summed E-state index contributed by atoms with van der Waals surface area (Å²) >= 11 is 5.66. The molecule has 4 heteroatoms. The highest BCUT2D eigenvalue weighted by atomic mass is 35.5. The van der Waals surface area contributed by atoms with Crippen LogP contribution in [-0.4, -0.2) is 19.7 Å². The van der Waals surface area contributed by atoms with Crippen molar-refractivity contribution < 1.29 is 9.13 Å². The van der Waals surface area contributed by atoms with Crippen LogP contribution in [0.25, 0.3) is 0 Å². The lowest BCUT2D eigenvalue weighted by atomic mass is 9.91. The van der Waals surface area contributed by atoms with Crippen LogP contribution in [0.4, 0.5) is 4.39 Å². The summed E-state index contributed by atoms with van der Waals surface area (Å²) in [6.07, 6.45) is -0.0296. The van der Waals surface area contributed by atoms with E-state index in [1.165, 1.54) is 6.07 Å². The molecule has 2 rings (SSSR count). The third kappa shape index (κ3) is 2.37. The van der Waals surface area contributed by atoms with Gasteiger partial charge in [0.25, 0.3) is 0 Å². The minimum atomic E-state index is -0.379. The van der Waals surface area contributed by atoms with Gasteiger partial charge in [0.15, 0.2) is 0 Å². The average Bonchev–Trinajstić information content (AvgIpc) is 2.19. The van der Waals surface area contributed by atoms with Crippen molar-refractivity contribution in [2.24, 2.45) is 5.92 Å². The fraction of sp³-hybridized carbons (Fsp3) is 0.500. The second-order valence-electron chi connectivity index (χ2n) is 3.97. The van der Waals surface area contributed by atoms with E-state index < -0.39 is 0 Å². The predicted molar refractivity (Wildman–Crippen MR) is 62.1 cm³/mol. The zero-order chi connectivity index (χ0) is 11.5. The van der Waals surface area contributed by atoms with Crippen LogP contribution < -0.4 is 5.32 Å². The summed E-state index contributed by atoms with van der Waals surface area (Å²) in [6.45, 7) is 4.43.